The molecule has 2 atom stereocenters. The van der Waals surface area contributed by atoms with Crippen molar-refractivity contribution >= 4 is 16.7 Å². The highest BCUT2D eigenvalue weighted by Crippen LogP contribution is 2.30. The van der Waals surface area contributed by atoms with Gasteiger partial charge in [-0.2, -0.15) is 0 Å². The molecule has 1 aliphatic heterocycles. The molecule has 2 aromatic rings. The van der Waals surface area contributed by atoms with Crippen molar-refractivity contribution < 1.29 is 14.6 Å². The summed E-state index contributed by atoms with van der Waals surface area (Å²) in [4.78, 5) is 12.5. The van der Waals surface area contributed by atoms with E-state index in [4.69, 9.17) is 4.74 Å². The van der Waals surface area contributed by atoms with Crippen molar-refractivity contribution in [2.45, 2.75) is 31.9 Å². The number of aromatic hydroxyl groups is 1. The van der Waals surface area contributed by atoms with E-state index in [-0.39, 0.29) is 17.8 Å². The zero-order chi connectivity index (χ0) is 15.0. The van der Waals surface area contributed by atoms with E-state index in [9.17, 15) is 9.90 Å². The van der Waals surface area contributed by atoms with E-state index in [2.05, 4.69) is 5.32 Å². The van der Waals surface area contributed by atoms with Gasteiger partial charge in [-0.3, -0.25) is 4.79 Å². The summed E-state index contributed by atoms with van der Waals surface area (Å²) < 4.78 is 5.53. The molecule has 1 amide bonds. The highest BCUT2D eigenvalue weighted by Gasteiger charge is 2.38. The molecule has 0 aliphatic carbocycles. The van der Waals surface area contributed by atoms with Gasteiger partial charge >= 0.3 is 0 Å². The van der Waals surface area contributed by atoms with Crippen molar-refractivity contribution in [3.63, 3.8) is 0 Å². The minimum absolute atomic E-state index is 0.0285. The lowest BCUT2D eigenvalue weighted by atomic mass is 9.94. The molecular formula is C17H19NO3. The Labute approximate surface area is 123 Å². The molecule has 0 aromatic heterocycles. The van der Waals surface area contributed by atoms with Gasteiger partial charge in [-0.25, -0.2) is 0 Å². The number of hydrogen-bond donors (Lipinski definition) is 2. The third kappa shape index (κ3) is 2.36. The van der Waals surface area contributed by atoms with Crippen LogP contribution in [-0.4, -0.2) is 29.3 Å². The van der Waals surface area contributed by atoms with E-state index < -0.39 is 5.54 Å². The lowest BCUT2D eigenvalue weighted by Gasteiger charge is -2.29. The van der Waals surface area contributed by atoms with Gasteiger partial charge in [0.25, 0.3) is 5.91 Å². The van der Waals surface area contributed by atoms with Gasteiger partial charge in [0, 0.05) is 12.0 Å². The van der Waals surface area contributed by atoms with Crippen LogP contribution in [0.1, 0.15) is 30.6 Å². The number of phenolic OH excluding ortho intramolecular Hbond substituents is 1. The molecule has 0 saturated carbocycles. The number of rotatable bonds is 2. The summed E-state index contributed by atoms with van der Waals surface area (Å²) >= 11 is 0. The Morgan fingerprint density at radius 3 is 2.81 bits per heavy atom. The smallest absolute Gasteiger partial charge is 0.255 e. The Kier molecular flexibility index (Phi) is 3.33. The zero-order valence-electron chi connectivity index (χ0n) is 12.2. The van der Waals surface area contributed by atoms with Crippen LogP contribution in [0.15, 0.2) is 36.4 Å². The molecule has 0 spiro atoms. The molecule has 1 aliphatic rings. The number of amides is 1. The summed E-state index contributed by atoms with van der Waals surface area (Å²) in [5.41, 5.74) is -0.0937. The van der Waals surface area contributed by atoms with Gasteiger partial charge in [0.2, 0.25) is 0 Å². The SMILES string of the molecule is CC1OCCC1(C)NC(=O)c1ccc2ccccc2c1O. The lowest BCUT2D eigenvalue weighted by molar-refractivity contribution is 0.0726. The quantitative estimate of drug-likeness (QED) is 0.892. The van der Waals surface area contributed by atoms with E-state index in [0.29, 0.717) is 17.6 Å². The summed E-state index contributed by atoms with van der Waals surface area (Å²) in [6.45, 7) is 4.57. The summed E-state index contributed by atoms with van der Waals surface area (Å²) in [7, 11) is 0. The Balaban J connectivity index is 1.93. The Bertz CT molecular complexity index is 697. The number of carbonyl (C=O) groups is 1. The highest BCUT2D eigenvalue weighted by molar-refractivity contribution is 6.03. The average molecular weight is 285 g/mol. The number of phenols is 1. The van der Waals surface area contributed by atoms with Crippen LogP contribution < -0.4 is 5.32 Å². The van der Waals surface area contributed by atoms with E-state index in [1.807, 2.05) is 44.2 Å². The molecule has 21 heavy (non-hydrogen) atoms. The number of benzene rings is 2. The fourth-order valence-electron chi connectivity index (χ4n) is 2.76. The van der Waals surface area contributed by atoms with Crippen molar-refractivity contribution in [2.75, 3.05) is 6.61 Å². The Hall–Kier alpha value is -2.07. The van der Waals surface area contributed by atoms with Crippen molar-refractivity contribution in [1.29, 1.82) is 0 Å². The third-order valence-corrected chi connectivity index (χ3v) is 4.43. The number of hydrogen-bond acceptors (Lipinski definition) is 3. The summed E-state index contributed by atoms with van der Waals surface area (Å²) in [6, 6.07) is 11.0. The van der Waals surface area contributed by atoms with Gasteiger partial charge in [0.1, 0.15) is 5.75 Å². The van der Waals surface area contributed by atoms with Gasteiger partial charge in [-0.1, -0.05) is 30.3 Å². The van der Waals surface area contributed by atoms with Crippen molar-refractivity contribution in [1.82, 2.24) is 5.32 Å². The molecule has 0 bridgehead atoms. The van der Waals surface area contributed by atoms with Gasteiger partial charge < -0.3 is 15.2 Å². The van der Waals surface area contributed by atoms with Crippen LogP contribution in [0, 0.1) is 0 Å². The fourth-order valence-corrected chi connectivity index (χ4v) is 2.76. The number of nitrogens with one attached hydrogen (secondary N) is 1. The molecular weight excluding hydrogens is 266 g/mol. The number of ether oxygens (including phenoxy) is 1. The number of carbonyl (C=O) groups excluding carboxylic acids is 1. The molecule has 4 nitrogen and oxygen atoms in total. The predicted molar refractivity (Wildman–Crippen MR) is 81.5 cm³/mol. The van der Waals surface area contributed by atoms with Crippen LogP contribution in [0.3, 0.4) is 0 Å². The average Bonchev–Trinajstić information content (AvgIpc) is 2.79. The van der Waals surface area contributed by atoms with Crippen LogP contribution in [0.4, 0.5) is 0 Å². The maximum Gasteiger partial charge on any atom is 0.255 e. The standard InChI is InChI=1S/C17H19NO3/c1-11-17(2,9-10-21-11)18-16(20)14-8-7-12-5-3-4-6-13(12)15(14)19/h3-8,11,19H,9-10H2,1-2H3,(H,18,20). The van der Waals surface area contributed by atoms with Crippen molar-refractivity contribution in [3.8, 4) is 5.75 Å². The molecule has 4 heteroatoms. The maximum absolute atomic E-state index is 12.5. The van der Waals surface area contributed by atoms with Crippen LogP contribution in [0.5, 0.6) is 5.75 Å². The normalized spacial score (nSPS) is 25.1. The Morgan fingerprint density at radius 2 is 2.10 bits per heavy atom. The van der Waals surface area contributed by atoms with Gasteiger partial charge in [-0.05, 0) is 31.7 Å². The van der Waals surface area contributed by atoms with Gasteiger partial charge in [0.05, 0.1) is 17.2 Å². The van der Waals surface area contributed by atoms with Crippen LogP contribution in [-0.2, 0) is 4.74 Å². The first-order valence-corrected chi connectivity index (χ1v) is 7.16. The minimum Gasteiger partial charge on any atom is -0.506 e. The van der Waals surface area contributed by atoms with Crippen LogP contribution >= 0.6 is 0 Å². The second-order valence-corrected chi connectivity index (χ2v) is 5.82. The Morgan fingerprint density at radius 1 is 1.33 bits per heavy atom. The maximum atomic E-state index is 12.5. The topological polar surface area (TPSA) is 58.6 Å². The third-order valence-electron chi connectivity index (χ3n) is 4.43. The second-order valence-electron chi connectivity index (χ2n) is 5.82. The van der Waals surface area contributed by atoms with E-state index in [0.717, 1.165) is 11.8 Å². The first-order chi connectivity index (χ1) is 10.0. The molecule has 110 valence electrons. The predicted octanol–water partition coefficient (Wildman–Crippen LogP) is 2.84. The molecule has 1 fully saturated rings. The molecule has 0 radical (unpaired) electrons. The summed E-state index contributed by atoms with van der Waals surface area (Å²) in [5.74, 6) is -0.237. The lowest BCUT2D eigenvalue weighted by Crippen LogP contribution is -2.50. The molecule has 1 heterocycles. The minimum atomic E-state index is -0.394. The van der Waals surface area contributed by atoms with E-state index in [1.165, 1.54) is 0 Å². The van der Waals surface area contributed by atoms with Gasteiger partial charge in [-0.15, -0.1) is 0 Å². The van der Waals surface area contributed by atoms with E-state index in [1.54, 1.807) is 6.07 Å². The highest BCUT2D eigenvalue weighted by atomic mass is 16.5. The summed E-state index contributed by atoms with van der Waals surface area (Å²) in [6.07, 6.45) is 0.734. The molecule has 1 saturated heterocycles. The molecule has 2 aromatic carbocycles. The van der Waals surface area contributed by atoms with Crippen LogP contribution in [0.25, 0.3) is 10.8 Å². The molecule has 2 unspecified atom stereocenters. The zero-order valence-corrected chi connectivity index (χ0v) is 12.2. The van der Waals surface area contributed by atoms with Crippen molar-refractivity contribution in [2.24, 2.45) is 0 Å². The molecule has 2 N–H and O–H groups in total. The number of fused-ring (bicyclic) bond motifs is 1. The van der Waals surface area contributed by atoms with E-state index >= 15 is 0 Å². The summed E-state index contributed by atoms with van der Waals surface area (Å²) in [5, 5.41) is 15.0. The van der Waals surface area contributed by atoms with Crippen LogP contribution in [0.2, 0.25) is 0 Å². The first-order valence-electron chi connectivity index (χ1n) is 7.16. The monoisotopic (exact) mass is 285 g/mol. The molecule has 3 rings (SSSR count). The largest absolute Gasteiger partial charge is 0.506 e. The fraction of sp³-hybridized carbons (Fsp3) is 0.353. The second kappa shape index (κ2) is 5.04. The van der Waals surface area contributed by atoms with Gasteiger partial charge in [0.15, 0.2) is 0 Å². The van der Waals surface area contributed by atoms with Crippen molar-refractivity contribution in [3.05, 3.63) is 42.0 Å². The first kappa shape index (κ1) is 13.9.